The molecule has 2 heteroatoms. The second-order valence-electron chi connectivity index (χ2n) is 13.3. The summed E-state index contributed by atoms with van der Waals surface area (Å²) in [4.78, 5) is 0. The topological polar surface area (TPSA) is 8.82 Å². The Balaban J connectivity index is 1.44. The summed E-state index contributed by atoms with van der Waals surface area (Å²) in [6, 6.07) is 36.4. The lowest BCUT2D eigenvalue weighted by atomic mass is 9.86. The van der Waals surface area contributed by atoms with Gasteiger partial charge in [-0.2, -0.15) is 0 Å². The van der Waals surface area contributed by atoms with Gasteiger partial charge in [0, 0.05) is 23.2 Å². The predicted octanol–water partition coefficient (Wildman–Crippen LogP) is 10.4. The van der Waals surface area contributed by atoms with Crippen molar-refractivity contribution in [2.75, 3.05) is 0 Å². The van der Waals surface area contributed by atoms with Gasteiger partial charge in [-0.1, -0.05) is 90.1 Å². The molecule has 0 saturated heterocycles. The predicted molar refractivity (Wildman–Crippen MR) is 172 cm³/mol. The minimum Gasteiger partial charge on any atom is -0.316 e. The Hall–Kier alpha value is -4.30. The van der Waals surface area contributed by atoms with Crippen molar-refractivity contribution in [3.8, 4) is 22.5 Å². The molecule has 0 aliphatic carbocycles. The number of hydrogen-bond donors (Lipinski definition) is 0. The van der Waals surface area contributed by atoms with E-state index in [0.717, 1.165) is 0 Å². The molecule has 0 unspecified atom stereocenters. The third-order valence-corrected chi connectivity index (χ3v) is 8.47. The molecule has 4 aromatic heterocycles. The lowest BCUT2D eigenvalue weighted by Gasteiger charge is -2.20. The molecule has 0 aliphatic rings. The number of aromatic nitrogens is 2. The van der Waals surface area contributed by atoms with Crippen molar-refractivity contribution in [1.29, 1.82) is 0 Å². The molecule has 4 heterocycles. The Kier molecular flexibility index (Phi) is 5.31. The first-order valence-corrected chi connectivity index (χ1v) is 14.3. The molecular weight excluding hydrogens is 484 g/mol. The lowest BCUT2D eigenvalue weighted by Crippen LogP contribution is -2.10. The van der Waals surface area contributed by atoms with Gasteiger partial charge in [0.25, 0.3) is 0 Å². The van der Waals surface area contributed by atoms with Gasteiger partial charge in [0.05, 0.1) is 22.4 Å². The molecule has 0 bridgehead atoms. The maximum Gasteiger partial charge on any atom is 0.0534 e. The van der Waals surface area contributed by atoms with Gasteiger partial charge in [-0.25, -0.2) is 0 Å². The van der Waals surface area contributed by atoms with Crippen LogP contribution in [0.15, 0.2) is 109 Å². The average Bonchev–Trinajstić information content (AvgIpc) is 3.61. The molecule has 198 valence electrons. The van der Waals surface area contributed by atoms with Crippen molar-refractivity contribution in [2.45, 2.75) is 52.4 Å². The fourth-order valence-corrected chi connectivity index (χ4v) is 6.10. The molecule has 2 nitrogen and oxygen atoms in total. The standard InChI is InChI=1S/C38H36N2/c1-37(2,3)29-15-11-25(12-16-29)35-23-27-21-32-28(22-31(27)33-9-7-19-39(33)35)24-36(40-20-8-10-34(32)40)26-13-17-30(18-14-26)38(4,5)6/h7-24H,1-6H3. The summed E-state index contributed by atoms with van der Waals surface area (Å²) in [7, 11) is 0. The van der Waals surface area contributed by atoms with Crippen LogP contribution in [0.1, 0.15) is 52.7 Å². The first-order valence-electron chi connectivity index (χ1n) is 14.3. The van der Waals surface area contributed by atoms with E-state index in [1.807, 2.05) is 0 Å². The number of hydrogen-bond acceptors (Lipinski definition) is 0. The molecule has 40 heavy (non-hydrogen) atoms. The highest BCUT2D eigenvalue weighted by Crippen LogP contribution is 2.37. The van der Waals surface area contributed by atoms with Gasteiger partial charge in [-0.05, 0) is 92.4 Å². The van der Waals surface area contributed by atoms with Gasteiger partial charge in [0.15, 0.2) is 0 Å². The maximum absolute atomic E-state index is 2.38. The zero-order valence-electron chi connectivity index (χ0n) is 24.3. The van der Waals surface area contributed by atoms with E-state index in [4.69, 9.17) is 0 Å². The summed E-state index contributed by atoms with van der Waals surface area (Å²) in [5, 5.41) is 5.08. The van der Waals surface area contributed by atoms with E-state index in [2.05, 4.69) is 160 Å². The van der Waals surface area contributed by atoms with Crippen LogP contribution in [-0.2, 0) is 10.8 Å². The van der Waals surface area contributed by atoms with Gasteiger partial charge >= 0.3 is 0 Å². The van der Waals surface area contributed by atoms with Crippen LogP contribution in [0.25, 0.3) is 55.1 Å². The monoisotopic (exact) mass is 520 g/mol. The number of benzene rings is 3. The number of fused-ring (bicyclic) bond motifs is 6. The summed E-state index contributed by atoms with van der Waals surface area (Å²) in [5.41, 5.74) is 10.4. The van der Waals surface area contributed by atoms with Gasteiger partial charge in [-0.3, -0.25) is 0 Å². The smallest absolute Gasteiger partial charge is 0.0534 e. The maximum atomic E-state index is 2.38. The van der Waals surface area contributed by atoms with E-state index in [9.17, 15) is 0 Å². The van der Waals surface area contributed by atoms with Crippen molar-refractivity contribution in [3.05, 3.63) is 121 Å². The molecule has 0 radical (unpaired) electrons. The van der Waals surface area contributed by atoms with E-state index in [1.54, 1.807) is 0 Å². The molecule has 3 aromatic carbocycles. The summed E-state index contributed by atoms with van der Waals surface area (Å²) < 4.78 is 4.67. The zero-order valence-corrected chi connectivity index (χ0v) is 24.3. The fraction of sp³-hybridized carbons (Fsp3) is 0.211. The highest BCUT2D eigenvalue weighted by Gasteiger charge is 2.17. The number of nitrogens with zero attached hydrogens (tertiary/aromatic N) is 2. The fourth-order valence-electron chi connectivity index (χ4n) is 6.10. The second kappa shape index (κ2) is 8.60. The highest BCUT2D eigenvalue weighted by molar-refractivity contribution is 6.11. The quantitative estimate of drug-likeness (QED) is 0.200. The Morgan fingerprint density at radius 2 is 0.825 bits per heavy atom. The van der Waals surface area contributed by atoms with E-state index in [-0.39, 0.29) is 10.8 Å². The highest BCUT2D eigenvalue weighted by atomic mass is 14.9. The van der Waals surface area contributed by atoms with E-state index >= 15 is 0 Å². The van der Waals surface area contributed by atoms with Crippen LogP contribution in [0.2, 0.25) is 0 Å². The van der Waals surface area contributed by atoms with Crippen molar-refractivity contribution < 1.29 is 0 Å². The van der Waals surface area contributed by atoms with Crippen LogP contribution in [0, 0.1) is 0 Å². The van der Waals surface area contributed by atoms with Crippen LogP contribution in [0.4, 0.5) is 0 Å². The molecule has 0 amide bonds. The third-order valence-electron chi connectivity index (χ3n) is 8.47. The molecule has 0 N–H and O–H groups in total. The van der Waals surface area contributed by atoms with Gasteiger partial charge in [0.2, 0.25) is 0 Å². The summed E-state index contributed by atoms with van der Waals surface area (Å²) >= 11 is 0. The SMILES string of the molecule is CC(C)(C)c1ccc(-c2cc3cc4c(cc(-c5ccc(C(C)(C)C)cc5)n5cccc45)cc3c3cccn23)cc1. The summed E-state index contributed by atoms with van der Waals surface area (Å²) in [6.45, 7) is 13.6. The first-order chi connectivity index (χ1) is 19.1. The van der Waals surface area contributed by atoms with Crippen molar-refractivity contribution in [3.63, 3.8) is 0 Å². The second-order valence-corrected chi connectivity index (χ2v) is 13.3. The number of pyridine rings is 2. The van der Waals surface area contributed by atoms with Crippen LogP contribution >= 0.6 is 0 Å². The Bertz CT molecular complexity index is 1880. The van der Waals surface area contributed by atoms with Gasteiger partial charge < -0.3 is 8.80 Å². The van der Waals surface area contributed by atoms with Crippen LogP contribution in [0.3, 0.4) is 0 Å². The Morgan fingerprint density at radius 1 is 0.450 bits per heavy atom. The molecule has 0 saturated carbocycles. The third kappa shape index (κ3) is 3.93. The zero-order chi connectivity index (χ0) is 27.8. The first kappa shape index (κ1) is 24.7. The van der Waals surface area contributed by atoms with Gasteiger partial charge in [-0.15, -0.1) is 0 Å². The molecule has 0 aliphatic heterocycles. The minimum atomic E-state index is 0.139. The van der Waals surface area contributed by atoms with E-state index in [1.165, 1.54) is 66.2 Å². The van der Waals surface area contributed by atoms with Crippen LogP contribution < -0.4 is 0 Å². The average molecular weight is 521 g/mol. The van der Waals surface area contributed by atoms with Crippen LogP contribution in [0.5, 0.6) is 0 Å². The molecule has 0 spiro atoms. The lowest BCUT2D eigenvalue weighted by molar-refractivity contribution is 0.590. The van der Waals surface area contributed by atoms with E-state index in [0.29, 0.717) is 0 Å². The minimum absolute atomic E-state index is 0.139. The van der Waals surface area contributed by atoms with Gasteiger partial charge in [0.1, 0.15) is 0 Å². The molecule has 7 aromatic rings. The normalized spacial score (nSPS) is 12.8. The van der Waals surface area contributed by atoms with E-state index < -0.39 is 0 Å². The summed E-state index contributed by atoms with van der Waals surface area (Å²) in [6.07, 6.45) is 4.37. The molecule has 7 rings (SSSR count). The molecule has 0 atom stereocenters. The Labute approximate surface area is 236 Å². The van der Waals surface area contributed by atoms with Crippen molar-refractivity contribution >= 4 is 32.6 Å². The molecule has 0 fully saturated rings. The van der Waals surface area contributed by atoms with Crippen LogP contribution in [-0.4, -0.2) is 8.80 Å². The largest absolute Gasteiger partial charge is 0.316 e. The molecular formula is C38H36N2. The number of rotatable bonds is 2. The summed E-state index contributed by atoms with van der Waals surface area (Å²) in [5.74, 6) is 0. The Morgan fingerprint density at radius 3 is 1.18 bits per heavy atom. The van der Waals surface area contributed by atoms with Crippen molar-refractivity contribution in [2.24, 2.45) is 0 Å². The van der Waals surface area contributed by atoms with Crippen molar-refractivity contribution in [1.82, 2.24) is 8.80 Å².